The Bertz CT molecular complexity index is 378. The van der Waals surface area contributed by atoms with Gasteiger partial charge >= 0.3 is 0 Å². The minimum Gasteiger partial charge on any atom is -0.340 e. The highest BCUT2D eigenvalue weighted by molar-refractivity contribution is 5.85. The molecule has 0 spiro atoms. The molecule has 1 aliphatic rings. The maximum atomic E-state index is 11.7. The van der Waals surface area contributed by atoms with Crippen LogP contribution in [0.5, 0.6) is 0 Å². The van der Waals surface area contributed by atoms with E-state index in [-0.39, 0.29) is 18.3 Å². The van der Waals surface area contributed by atoms with Crippen LogP contribution in [0.1, 0.15) is 12.0 Å². The van der Waals surface area contributed by atoms with Gasteiger partial charge in [-0.25, -0.2) is 0 Å². The number of benzene rings is 1. The minimum absolute atomic E-state index is 0. The number of nitrogens with two attached hydrogens (primary N) is 1. The standard InChI is InChI=1S/C14H21N3O.ClH/c15-7-6-14(18)17-10-8-16(9-11-17)12-13-4-2-1-3-5-13;/h1-5H,6-12,15H2;1H. The number of piperazine rings is 1. The fourth-order valence-corrected chi connectivity index (χ4v) is 2.28. The number of hydrogen-bond donors (Lipinski definition) is 1. The summed E-state index contributed by atoms with van der Waals surface area (Å²) in [5.74, 6) is 0.192. The molecular formula is C14H22ClN3O. The molecule has 4 nitrogen and oxygen atoms in total. The van der Waals surface area contributed by atoms with Crippen LogP contribution in [0.3, 0.4) is 0 Å². The summed E-state index contributed by atoms with van der Waals surface area (Å²) in [6.07, 6.45) is 0.471. The van der Waals surface area contributed by atoms with E-state index < -0.39 is 0 Å². The van der Waals surface area contributed by atoms with Crippen LogP contribution in [0, 0.1) is 0 Å². The van der Waals surface area contributed by atoms with Gasteiger partial charge in [-0.1, -0.05) is 30.3 Å². The lowest BCUT2D eigenvalue weighted by Gasteiger charge is -2.34. The lowest BCUT2D eigenvalue weighted by atomic mass is 10.2. The second-order valence-corrected chi connectivity index (χ2v) is 4.68. The molecule has 1 amide bonds. The first-order valence-electron chi connectivity index (χ1n) is 6.53. The molecule has 1 fully saturated rings. The van der Waals surface area contributed by atoms with Crippen LogP contribution < -0.4 is 5.73 Å². The highest BCUT2D eigenvalue weighted by atomic mass is 35.5. The second kappa shape index (κ2) is 8.15. The highest BCUT2D eigenvalue weighted by Gasteiger charge is 2.20. The molecule has 1 aromatic carbocycles. The monoisotopic (exact) mass is 283 g/mol. The van der Waals surface area contributed by atoms with E-state index >= 15 is 0 Å². The van der Waals surface area contributed by atoms with Crippen molar-refractivity contribution in [1.82, 2.24) is 9.80 Å². The third-order valence-corrected chi connectivity index (χ3v) is 3.33. The lowest BCUT2D eigenvalue weighted by Crippen LogP contribution is -2.48. The molecular weight excluding hydrogens is 262 g/mol. The van der Waals surface area contributed by atoms with Gasteiger partial charge in [0.2, 0.25) is 5.91 Å². The summed E-state index contributed by atoms with van der Waals surface area (Å²) in [4.78, 5) is 16.0. The van der Waals surface area contributed by atoms with Crippen LogP contribution in [-0.4, -0.2) is 48.4 Å². The first kappa shape index (κ1) is 16.0. The topological polar surface area (TPSA) is 49.6 Å². The van der Waals surface area contributed by atoms with Gasteiger partial charge in [-0.3, -0.25) is 9.69 Å². The van der Waals surface area contributed by atoms with E-state index in [2.05, 4.69) is 29.2 Å². The van der Waals surface area contributed by atoms with Gasteiger partial charge in [-0.2, -0.15) is 0 Å². The lowest BCUT2D eigenvalue weighted by molar-refractivity contribution is -0.132. The summed E-state index contributed by atoms with van der Waals surface area (Å²) in [6, 6.07) is 10.5. The van der Waals surface area contributed by atoms with Crippen LogP contribution in [0.4, 0.5) is 0 Å². The van der Waals surface area contributed by atoms with E-state index in [1.807, 2.05) is 11.0 Å². The van der Waals surface area contributed by atoms with Crippen LogP contribution in [0.2, 0.25) is 0 Å². The van der Waals surface area contributed by atoms with E-state index in [4.69, 9.17) is 5.73 Å². The number of halogens is 1. The average Bonchev–Trinajstić information content (AvgIpc) is 2.41. The van der Waals surface area contributed by atoms with Crippen molar-refractivity contribution in [2.45, 2.75) is 13.0 Å². The van der Waals surface area contributed by atoms with Crippen molar-refractivity contribution in [3.63, 3.8) is 0 Å². The largest absolute Gasteiger partial charge is 0.340 e. The Hall–Kier alpha value is -1.10. The summed E-state index contributed by atoms with van der Waals surface area (Å²) in [5.41, 5.74) is 6.74. The Morgan fingerprint density at radius 1 is 1.11 bits per heavy atom. The number of carbonyl (C=O) groups excluding carboxylic acids is 1. The van der Waals surface area contributed by atoms with E-state index in [1.165, 1.54) is 5.56 Å². The fraction of sp³-hybridized carbons (Fsp3) is 0.500. The molecule has 1 aromatic rings. The molecule has 1 aliphatic heterocycles. The molecule has 0 aromatic heterocycles. The summed E-state index contributed by atoms with van der Waals surface area (Å²) < 4.78 is 0. The molecule has 0 atom stereocenters. The van der Waals surface area contributed by atoms with Gasteiger partial charge in [0.25, 0.3) is 0 Å². The normalized spacial score (nSPS) is 15.9. The Morgan fingerprint density at radius 2 is 1.74 bits per heavy atom. The molecule has 1 saturated heterocycles. The molecule has 2 N–H and O–H groups in total. The first-order chi connectivity index (χ1) is 8.79. The summed E-state index contributed by atoms with van der Waals surface area (Å²) in [6.45, 7) is 4.97. The average molecular weight is 284 g/mol. The van der Waals surface area contributed by atoms with E-state index in [1.54, 1.807) is 0 Å². The van der Waals surface area contributed by atoms with Crippen molar-refractivity contribution in [2.75, 3.05) is 32.7 Å². The van der Waals surface area contributed by atoms with Crippen molar-refractivity contribution in [2.24, 2.45) is 5.73 Å². The van der Waals surface area contributed by atoms with Gasteiger partial charge in [0, 0.05) is 45.7 Å². The van der Waals surface area contributed by atoms with Crippen LogP contribution in [0.25, 0.3) is 0 Å². The van der Waals surface area contributed by atoms with Gasteiger partial charge in [0.15, 0.2) is 0 Å². The molecule has 2 rings (SSSR count). The Kier molecular flexibility index (Phi) is 6.84. The van der Waals surface area contributed by atoms with Gasteiger partial charge in [0.05, 0.1) is 0 Å². The van der Waals surface area contributed by atoms with Crippen LogP contribution in [0.15, 0.2) is 30.3 Å². The minimum atomic E-state index is 0. The number of nitrogens with zero attached hydrogens (tertiary/aromatic N) is 2. The van der Waals surface area contributed by atoms with Crippen molar-refractivity contribution in [3.8, 4) is 0 Å². The highest BCUT2D eigenvalue weighted by Crippen LogP contribution is 2.08. The molecule has 0 aliphatic carbocycles. The Balaban J connectivity index is 0.00000180. The van der Waals surface area contributed by atoms with Gasteiger partial charge in [-0.15, -0.1) is 12.4 Å². The number of carbonyl (C=O) groups is 1. The van der Waals surface area contributed by atoms with E-state index in [0.29, 0.717) is 13.0 Å². The molecule has 1 heterocycles. The third-order valence-electron chi connectivity index (χ3n) is 3.33. The summed E-state index contributed by atoms with van der Waals surface area (Å²) >= 11 is 0. The number of rotatable bonds is 4. The van der Waals surface area contributed by atoms with E-state index in [0.717, 1.165) is 32.7 Å². The molecule has 0 bridgehead atoms. The molecule has 0 saturated carbocycles. The summed E-state index contributed by atoms with van der Waals surface area (Å²) in [5, 5.41) is 0. The Morgan fingerprint density at radius 3 is 2.32 bits per heavy atom. The van der Waals surface area contributed by atoms with E-state index in [9.17, 15) is 4.79 Å². The molecule has 106 valence electrons. The zero-order valence-electron chi connectivity index (χ0n) is 11.1. The second-order valence-electron chi connectivity index (χ2n) is 4.68. The fourth-order valence-electron chi connectivity index (χ4n) is 2.28. The molecule has 0 unspecified atom stereocenters. The van der Waals surface area contributed by atoms with Crippen LogP contribution in [-0.2, 0) is 11.3 Å². The summed E-state index contributed by atoms with van der Waals surface area (Å²) in [7, 11) is 0. The molecule has 5 heteroatoms. The zero-order chi connectivity index (χ0) is 12.8. The number of hydrogen-bond acceptors (Lipinski definition) is 3. The Labute approximate surface area is 121 Å². The van der Waals surface area contributed by atoms with Crippen molar-refractivity contribution < 1.29 is 4.79 Å². The third kappa shape index (κ3) is 4.82. The maximum absolute atomic E-state index is 11.7. The van der Waals surface area contributed by atoms with Crippen molar-refractivity contribution >= 4 is 18.3 Å². The smallest absolute Gasteiger partial charge is 0.223 e. The van der Waals surface area contributed by atoms with Crippen molar-refractivity contribution in [3.05, 3.63) is 35.9 Å². The SMILES string of the molecule is Cl.NCCC(=O)N1CCN(Cc2ccccc2)CC1. The number of amides is 1. The van der Waals surface area contributed by atoms with Gasteiger partial charge in [0.1, 0.15) is 0 Å². The zero-order valence-corrected chi connectivity index (χ0v) is 11.9. The quantitative estimate of drug-likeness (QED) is 0.900. The first-order valence-corrected chi connectivity index (χ1v) is 6.53. The molecule has 0 radical (unpaired) electrons. The van der Waals surface area contributed by atoms with Crippen molar-refractivity contribution in [1.29, 1.82) is 0 Å². The van der Waals surface area contributed by atoms with Gasteiger partial charge in [-0.05, 0) is 5.56 Å². The molecule has 19 heavy (non-hydrogen) atoms. The maximum Gasteiger partial charge on any atom is 0.223 e. The van der Waals surface area contributed by atoms with Gasteiger partial charge < -0.3 is 10.6 Å². The van der Waals surface area contributed by atoms with Crippen LogP contribution >= 0.6 is 12.4 Å². The predicted molar refractivity (Wildman–Crippen MR) is 79.2 cm³/mol. The predicted octanol–water partition coefficient (Wildman–Crippen LogP) is 1.10.